The van der Waals surface area contributed by atoms with Gasteiger partial charge in [-0.05, 0) is 55.6 Å². The highest BCUT2D eigenvalue weighted by atomic mass is 79.9. The number of aromatic nitrogens is 1. The number of halogens is 2. The van der Waals surface area contributed by atoms with Gasteiger partial charge in [-0.3, -0.25) is 4.98 Å². The summed E-state index contributed by atoms with van der Waals surface area (Å²) < 4.78 is 14.7. The van der Waals surface area contributed by atoms with Crippen molar-refractivity contribution in [2.45, 2.75) is 32.2 Å². The number of hydrogen-bond donors (Lipinski definition) is 1. The monoisotopic (exact) mass is 350 g/mol. The first kappa shape index (κ1) is 16.1. The standard InChI is InChI=1S/C17H20BrFN2/c1-2-20-16(9-8-15-5-3-4-10-21-15)11-13-6-7-14(18)12-17(13)19/h3-7,10,12,16,20H,2,8-9,11H2,1H3. The summed E-state index contributed by atoms with van der Waals surface area (Å²) in [6, 6.07) is 11.5. The zero-order valence-corrected chi connectivity index (χ0v) is 13.7. The first-order valence-corrected chi connectivity index (χ1v) is 8.05. The van der Waals surface area contributed by atoms with Crippen molar-refractivity contribution in [3.63, 3.8) is 0 Å². The van der Waals surface area contributed by atoms with E-state index >= 15 is 0 Å². The third-order valence-corrected chi connectivity index (χ3v) is 3.94. The summed E-state index contributed by atoms with van der Waals surface area (Å²) in [6.45, 7) is 2.96. The van der Waals surface area contributed by atoms with Gasteiger partial charge in [0.05, 0.1) is 0 Å². The maximum atomic E-state index is 13.9. The van der Waals surface area contributed by atoms with Crippen LogP contribution >= 0.6 is 15.9 Å². The molecule has 1 aromatic heterocycles. The molecule has 1 N–H and O–H groups in total. The Morgan fingerprint density at radius 2 is 2.14 bits per heavy atom. The molecule has 0 fully saturated rings. The van der Waals surface area contributed by atoms with Crippen LogP contribution in [-0.2, 0) is 12.8 Å². The molecule has 1 atom stereocenters. The first-order chi connectivity index (χ1) is 10.2. The smallest absolute Gasteiger partial charge is 0.127 e. The van der Waals surface area contributed by atoms with Gasteiger partial charge >= 0.3 is 0 Å². The molecule has 1 heterocycles. The van der Waals surface area contributed by atoms with E-state index in [4.69, 9.17) is 0 Å². The highest BCUT2D eigenvalue weighted by Crippen LogP contribution is 2.17. The molecule has 0 amide bonds. The van der Waals surface area contributed by atoms with E-state index in [2.05, 4.69) is 33.2 Å². The largest absolute Gasteiger partial charge is 0.314 e. The SMILES string of the molecule is CCNC(CCc1ccccn1)Cc1ccc(Br)cc1F. The lowest BCUT2D eigenvalue weighted by Crippen LogP contribution is -2.31. The van der Waals surface area contributed by atoms with E-state index in [9.17, 15) is 4.39 Å². The fraction of sp³-hybridized carbons (Fsp3) is 0.353. The zero-order chi connectivity index (χ0) is 15.1. The van der Waals surface area contributed by atoms with Crippen LogP contribution < -0.4 is 5.32 Å². The van der Waals surface area contributed by atoms with Crippen LogP contribution in [-0.4, -0.2) is 17.6 Å². The molecule has 1 unspecified atom stereocenters. The van der Waals surface area contributed by atoms with Crippen LogP contribution in [0.15, 0.2) is 47.1 Å². The minimum absolute atomic E-state index is 0.148. The molecular weight excluding hydrogens is 331 g/mol. The van der Waals surface area contributed by atoms with E-state index in [1.165, 1.54) is 6.07 Å². The summed E-state index contributed by atoms with van der Waals surface area (Å²) in [4.78, 5) is 4.34. The Balaban J connectivity index is 1.98. The van der Waals surface area contributed by atoms with Crippen molar-refractivity contribution < 1.29 is 4.39 Å². The Bertz CT molecular complexity index is 560. The van der Waals surface area contributed by atoms with Crippen LogP contribution in [0.3, 0.4) is 0 Å². The summed E-state index contributed by atoms with van der Waals surface area (Å²) in [6.07, 6.45) is 4.35. The van der Waals surface area contributed by atoms with Crippen LogP contribution in [0.25, 0.3) is 0 Å². The summed E-state index contributed by atoms with van der Waals surface area (Å²) in [5.74, 6) is -0.148. The Kier molecular flexibility index (Phi) is 6.33. The first-order valence-electron chi connectivity index (χ1n) is 7.26. The zero-order valence-electron chi connectivity index (χ0n) is 12.2. The molecule has 0 bridgehead atoms. The minimum Gasteiger partial charge on any atom is -0.314 e. The topological polar surface area (TPSA) is 24.9 Å². The van der Waals surface area contributed by atoms with Gasteiger partial charge in [-0.2, -0.15) is 0 Å². The van der Waals surface area contributed by atoms with Gasteiger partial charge in [0.15, 0.2) is 0 Å². The number of aryl methyl sites for hydroxylation is 1. The van der Waals surface area contributed by atoms with Gasteiger partial charge < -0.3 is 5.32 Å². The molecular formula is C17H20BrFN2. The van der Waals surface area contributed by atoms with E-state index in [0.717, 1.165) is 35.1 Å². The summed E-state index contributed by atoms with van der Waals surface area (Å²) >= 11 is 3.29. The molecule has 0 saturated carbocycles. The van der Waals surface area contributed by atoms with Gasteiger partial charge in [0.2, 0.25) is 0 Å². The third-order valence-electron chi connectivity index (χ3n) is 3.45. The lowest BCUT2D eigenvalue weighted by atomic mass is 10.00. The molecule has 0 radical (unpaired) electrons. The second kappa shape index (κ2) is 8.25. The molecule has 0 aliphatic heterocycles. The Morgan fingerprint density at radius 3 is 2.81 bits per heavy atom. The number of nitrogens with zero attached hydrogens (tertiary/aromatic N) is 1. The molecule has 2 rings (SSSR count). The van der Waals surface area contributed by atoms with Gasteiger partial charge in [0.25, 0.3) is 0 Å². The molecule has 2 aromatic rings. The van der Waals surface area contributed by atoms with E-state index in [-0.39, 0.29) is 11.9 Å². The van der Waals surface area contributed by atoms with Crippen LogP contribution in [0.2, 0.25) is 0 Å². The van der Waals surface area contributed by atoms with Crippen LogP contribution in [0, 0.1) is 5.82 Å². The Labute approximate surface area is 133 Å². The fourth-order valence-corrected chi connectivity index (χ4v) is 2.72. The van der Waals surface area contributed by atoms with Crippen LogP contribution in [0.1, 0.15) is 24.6 Å². The van der Waals surface area contributed by atoms with E-state index in [1.54, 1.807) is 0 Å². The van der Waals surface area contributed by atoms with Crippen molar-refractivity contribution in [1.82, 2.24) is 10.3 Å². The number of pyridine rings is 1. The molecule has 4 heteroatoms. The van der Waals surface area contributed by atoms with Gasteiger partial charge in [-0.15, -0.1) is 0 Å². The predicted molar refractivity (Wildman–Crippen MR) is 87.8 cm³/mol. The van der Waals surface area contributed by atoms with E-state index in [1.807, 2.05) is 36.5 Å². The second-order valence-electron chi connectivity index (χ2n) is 5.05. The highest BCUT2D eigenvalue weighted by molar-refractivity contribution is 9.10. The average molecular weight is 351 g/mol. The summed E-state index contributed by atoms with van der Waals surface area (Å²) in [5.41, 5.74) is 1.84. The highest BCUT2D eigenvalue weighted by Gasteiger charge is 2.12. The lowest BCUT2D eigenvalue weighted by molar-refractivity contribution is 0.478. The van der Waals surface area contributed by atoms with Crippen molar-refractivity contribution in [3.8, 4) is 0 Å². The minimum atomic E-state index is -0.148. The number of hydrogen-bond acceptors (Lipinski definition) is 2. The molecule has 1 aromatic carbocycles. The van der Waals surface area contributed by atoms with Gasteiger partial charge in [0, 0.05) is 22.4 Å². The quantitative estimate of drug-likeness (QED) is 0.811. The van der Waals surface area contributed by atoms with Crippen molar-refractivity contribution in [2.75, 3.05) is 6.54 Å². The average Bonchev–Trinajstić information content (AvgIpc) is 2.49. The van der Waals surface area contributed by atoms with Gasteiger partial charge in [-0.25, -0.2) is 4.39 Å². The maximum absolute atomic E-state index is 13.9. The van der Waals surface area contributed by atoms with Gasteiger partial charge in [-0.1, -0.05) is 35.0 Å². The molecule has 0 saturated heterocycles. The summed E-state index contributed by atoms with van der Waals surface area (Å²) in [7, 11) is 0. The Morgan fingerprint density at radius 1 is 1.29 bits per heavy atom. The normalized spacial score (nSPS) is 12.3. The molecule has 0 aliphatic rings. The predicted octanol–water partition coefficient (Wildman–Crippen LogP) is 4.14. The van der Waals surface area contributed by atoms with Crippen LogP contribution in [0.5, 0.6) is 0 Å². The molecule has 2 nitrogen and oxygen atoms in total. The number of nitrogens with one attached hydrogen (secondary N) is 1. The molecule has 21 heavy (non-hydrogen) atoms. The third kappa shape index (κ3) is 5.21. The lowest BCUT2D eigenvalue weighted by Gasteiger charge is -2.18. The maximum Gasteiger partial charge on any atom is 0.127 e. The Hall–Kier alpha value is -1.26. The second-order valence-corrected chi connectivity index (χ2v) is 5.97. The van der Waals surface area contributed by atoms with Crippen molar-refractivity contribution in [1.29, 1.82) is 0 Å². The molecule has 112 valence electrons. The number of benzene rings is 1. The van der Waals surface area contributed by atoms with E-state index in [0.29, 0.717) is 6.42 Å². The summed E-state index contributed by atoms with van der Waals surface area (Å²) in [5, 5.41) is 3.44. The number of likely N-dealkylation sites (N-methyl/N-ethyl adjacent to an activating group) is 1. The van der Waals surface area contributed by atoms with Gasteiger partial charge in [0.1, 0.15) is 5.82 Å². The molecule has 0 spiro atoms. The van der Waals surface area contributed by atoms with Crippen LogP contribution in [0.4, 0.5) is 4.39 Å². The van der Waals surface area contributed by atoms with Crippen molar-refractivity contribution in [3.05, 3.63) is 64.1 Å². The van der Waals surface area contributed by atoms with Crippen molar-refractivity contribution in [2.24, 2.45) is 0 Å². The molecule has 0 aliphatic carbocycles. The van der Waals surface area contributed by atoms with Crippen molar-refractivity contribution >= 4 is 15.9 Å². The number of rotatable bonds is 7. The van der Waals surface area contributed by atoms with E-state index < -0.39 is 0 Å². The fourth-order valence-electron chi connectivity index (χ4n) is 2.39.